The van der Waals surface area contributed by atoms with E-state index in [0.717, 1.165) is 19.3 Å². The summed E-state index contributed by atoms with van der Waals surface area (Å²) in [5.41, 5.74) is 1.24. The molecule has 1 aliphatic rings. The number of Topliss-reactive ketones (excluding diaryl/α,β-unsaturated/α-hetero) is 1. The zero-order valence-electron chi connectivity index (χ0n) is 20.4. The fourth-order valence-corrected chi connectivity index (χ4v) is 3.98. The van der Waals surface area contributed by atoms with Gasteiger partial charge in [0.15, 0.2) is 0 Å². The zero-order chi connectivity index (χ0) is 24.7. The van der Waals surface area contributed by atoms with E-state index in [0.29, 0.717) is 42.3 Å². The minimum atomic E-state index is -0.708. The average molecular weight is 467 g/mol. The number of carbonyl (C=O) groups is 2. The molecule has 1 aliphatic heterocycles. The molecule has 34 heavy (non-hydrogen) atoms. The first kappa shape index (κ1) is 25.3. The highest BCUT2D eigenvalue weighted by Gasteiger charge is 2.46. The first-order chi connectivity index (χ1) is 16.4. The van der Waals surface area contributed by atoms with Gasteiger partial charge in [-0.05, 0) is 62.5 Å². The Morgan fingerprint density at radius 3 is 2.44 bits per heavy atom. The van der Waals surface area contributed by atoms with Crippen molar-refractivity contribution in [1.29, 1.82) is 0 Å². The van der Waals surface area contributed by atoms with Crippen LogP contribution < -0.4 is 9.47 Å². The number of hydrogen-bond donors (Lipinski definition) is 1. The molecule has 7 heteroatoms. The number of hydrogen-bond acceptors (Lipinski definition) is 6. The lowest BCUT2D eigenvalue weighted by Crippen LogP contribution is -2.35. The van der Waals surface area contributed by atoms with Crippen LogP contribution in [0.15, 0.2) is 54.1 Å². The topological polar surface area (TPSA) is 79.3 Å². The first-order valence-electron chi connectivity index (χ1n) is 11.7. The second-order valence-corrected chi connectivity index (χ2v) is 8.65. The molecular formula is C27H34N2O5. The Morgan fingerprint density at radius 1 is 1.06 bits per heavy atom. The molecule has 0 aromatic heterocycles. The van der Waals surface area contributed by atoms with Crippen molar-refractivity contribution in [3.8, 4) is 11.5 Å². The van der Waals surface area contributed by atoms with Gasteiger partial charge in [0.05, 0.1) is 25.3 Å². The monoisotopic (exact) mass is 466 g/mol. The molecule has 182 valence electrons. The third-order valence-corrected chi connectivity index (χ3v) is 5.88. The van der Waals surface area contributed by atoms with Crippen LogP contribution in [0.4, 0.5) is 0 Å². The van der Waals surface area contributed by atoms with E-state index in [2.05, 4.69) is 6.92 Å². The van der Waals surface area contributed by atoms with Crippen molar-refractivity contribution in [3.63, 3.8) is 0 Å². The Balaban J connectivity index is 1.98. The van der Waals surface area contributed by atoms with Gasteiger partial charge in [-0.15, -0.1) is 0 Å². The van der Waals surface area contributed by atoms with E-state index in [4.69, 9.17) is 9.47 Å². The molecule has 0 spiro atoms. The number of nitrogens with zero attached hydrogens (tertiary/aromatic N) is 2. The number of likely N-dealkylation sites (tertiary alicyclic amines) is 1. The molecular weight excluding hydrogens is 432 g/mol. The van der Waals surface area contributed by atoms with Gasteiger partial charge in [0, 0.05) is 18.7 Å². The van der Waals surface area contributed by atoms with Crippen molar-refractivity contribution in [3.05, 3.63) is 65.2 Å². The molecule has 1 amide bonds. The SMILES string of the molecule is CCCCCOc1ccc(/C(O)=C2/C(=O)C(=O)N(CCN(C)C)C2c2cccc(OC)c2)cc1. The summed E-state index contributed by atoms with van der Waals surface area (Å²) >= 11 is 0. The van der Waals surface area contributed by atoms with E-state index in [-0.39, 0.29) is 11.3 Å². The number of ketones is 1. The smallest absolute Gasteiger partial charge is 0.295 e. The fourth-order valence-electron chi connectivity index (χ4n) is 3.98. The lowest BCUT2D eigenvalue weighted by atomic mass is 9.95. The fraction of sp³-hybridized carbons (Fsp3) is 0.407. The van der Waals surface area contributed by atoms with Gasteiger partial charge in [-0.25, -0.2) is 0 Å². The first-order valence-corrected chi connectivity index (χ1v) is 11.7. The van der Waals surface area contributed by atoms with Gasteiger partial charge >= 0.3 is 0 Å². The molecule has 3 rings (SSSR count). The number of likely N-dealkylation sites (N-methyl/N-ethyl adjacent to an activating group) is 1. The third-order valence-electron chi connectivity index (χ3n) is 5.88. The Morgan fingerprint density at radius 2 is 1.79 bits per heavy atom. The molecule has 7 nitrogen and oxygen atoms in total. The van der Waals surface area contributed by atoms with Gasteiger partial charge in [-0.1, -0.05) is 31.9 Å². The molecule has 1 unspecified atom stereocenters. The number of amides is 1. The molecule has 2 aromatic carbocycles. The van der Waals surface area contributed by atoms with Gasteiger partial charge < -0.3 is 24.4 Å². The molecule has 1 fully saturated rings. The summed E-state index contributed by atoms with van der Waals surface area (Å²) in [5.74, 6) is -0.198. The molecule has 1 saturated heterocycles. The van der Waals surface area contributed by atoms with Crippen LogP contribution in [-0.4, -0.2) is 67.5 Å². The molecule has 0 saturated carbocycles. The summed E-state index contributed by atoms with van der Waals surface area (Å²) in [7, 11) is 5.38. The van der Waals surface area contributed by atoms with Crippen LogP contribution in [0.1, 0.15) is 43.4 Å². The predicted octanol–water partition coefficient (Wildman–Crippen LogP) is 4.25. The van der Waals surface area contributed by atoms with E-state index in [1.54, 1.807) is 43.5 Å². The highest BCUT2D eigenvalue weighted by atomic mass is 16.5. The Hall–Kier alpha value is -3.32. The summed E-state index contributed by atoms with van der Waals surface area (Å²) in [5, 5.41) is 11.2. The standard InChI is InChI=1S/C27H34N2O5/c1-5-6-7-17-34-21-13-11-19(12-14-21)25(30)23-24(20-9-8-10-22(18-20)33-4)29(16-15-28(2)3)27(32)26(23)31/h8-14,18,24,30H,5-7,15-17H2,1-4H3/b25-23-. The van der Waals surface area contributed by atoms with Crippen molar-refractivity contribution in [2.24, 2.45) is 0 Å². The van der Waals surface area contributed by atoms with Crippen LogP contribution in [0.25, 0.3) is 5.76 Å². The Bertz CT molecular complexity index is 1030. The quantitative estimate of drug-likeness (QED) is 0.231. The largest absolute Gasteiger partial charge is 0.507 e. The van der Waals surface area contributed by atoms with Crippen LogP contribution in [0.5, 0.6) is 11.5 Å². The summed E-state index contributed by atoms with van der Waals surface area (Å²) in [4.78, 5) is 29.6. The minimum absolute atomic E-state index is 0.0774. The van der Waals surface area contributed by atoms with Crippen molar-refractivity contribution in [2.75, 3.05) is 40.9 Å². The number of benzene rings is 2. The molecule has 0 aliphatic carbocycles. The highest BCUT2D eigenvalue weighted by Crippen LogP contribution is 2.40. The summed E-state index contributed by atoms with van der Waals surface area (Å²) < 4.78 is 11.1. The number of rotatable bonds is 11. The number of unbranched alkanes of at least 4 members (excludes halogenated alkanes) is 2. The van der Waals surface area contributed by atoms with Crippen LogP contribution in [0.3, 0.4) is 0 Å². The molecule has 2 aromatic rings. The zero-order valence-corrected chi connectivity index (χ0v) is 20.4. The molecule has 1 N–H and O–H groups in total. The van der Waals surface area contributed by atoms with Crippen molar-refractivity contribution in [1.82, 2.24) is 9.80 Å². The average Bonchev–Trinajstić information content (AvgIpc) is 3.10. The van der Waals surface area contributed by atoms with E-state index in [9.17, 15) is 14.7 Å². The second kappa shape index (κ2) is 11.7. The van der Waals surface area contributed by atoms with Crippen LogP contribution in [0.2, 0.25) is 0 Å². The third kappa shape index (κ3) is 5.78. The summed E-state index contributed by atoms with van der Waals surface area (Å²) in [6, 6.07) is 13.5. The normalized spacial score (nSPS) is 17.4. The molecule has 0 bridgehead atoms. The Labute approximate surface area is 201 Å². The highest BCUT2D eigenvalue weighted by molar-refractivity contribution is 6.46. The van der Waals surface area contributed by atoms with E-state index in [1.165, 1.54) is 4.90 Å². The van der Waals surface area contributed by atoms with E-state index in [1.807, 2.05) is 31.1 Å². The Kier molecular flexibility index (Phi) is 8.71. The van der Waals surface area contributed by atoms with Crippen molar-refractivity contribution >= 4 is 17.4 Å². The number of methoxy groups -OCH3 is 1. The van der Waals surface area contributed by atoms with Gasteiger partial charge in [-0.2, -0.15) is 0 Å². The number of aliphatic hydroxyl groups excluding tert-OH is 1. The summed E-state index contributed by atoms with van der Waals surface area (Å²) in [6.45, 7) is 3.70. The number of carbonyl (C=O) groups excluding carboxylic acids is 2. The molecule has 0 radical (unpaired) electrons. The van der Waals surface area contributed by atoms with Crippen molar-refractivity contribution < 1.29 is 24.2 Å². The van der Waals surface area contributed by atoms with Crippen molar-refractivity contribution in [2.45, 2.75) is 32.2 Å². The lowest BCUT2D eigenvalue weighted by Gasteiger charge is -2.26. The number of ether oxygens (including phenoxy) is 2. The minimum Gasteiger partial charge on any atom is -0.507 e. The van der Waals surface area contributed by atoms with Gasteiger partial charge in [0.1, 0.15) is 17.3 Å². The van der Waals surface area contributed by atoms with Gasteiger partial charge in [-0.3, -0.25) is 9.59 Å². The maximum Gasteiger partial charge on any atom is 0.295 e. The van der Waals surface area contributed by atoms with Gasteiger partial charge in [0.25, 0.3) is 11.7 Å². The van der Waals surface area contributed by atoms with Crippen LogP contribution in [-0.2, 0) is 9.59 Å². The van der Waals surface area contributed by atoms with E-state index < -0.39 is 17.7 Å². The van der Waals surface area contributed by atoms with Crippen LogP contribution >= 0.6 is 0 Å². The second-order valence-electron chi connectivity index (χ2n) is 8.65. The predicted molar refractivity (Wildman–Crippen MR) is 132 cm³/mol. The molecule has 1 atom stereocenters. The number of aliphatic hydroxyl groups is 1. The van der Waals surface area contributed by atoms with Gasteiger partial charge in [0.2, 0.25) is 0 Å². The van der Waals surface area contributed by atoms with E-state index >= 15 is 0 Å². The maximum atomic E-state index is 13.1. The lowest BCUT2D eigenvalue weighted by molar-refractivity contribution is -0.140. The maximum absolute atomic E-state index is 13.1. The summed E-state index contributed by atoms with van der Waals surface area (Å²) in [6.07, 6.45) is 3.21. The molecule has 1 heterocycles. The van der Waals surface area contributed by atoms with Crippen LogP contribution in [0, 0.1) is 0 Å².